The Morgan fingerprint density at radius 2 is 1.80 bits per heavy atom. The number of carbonyl (C=O) groups excluding carboxylic acids is 4. The predicted molar refractivity (Wildman–Crippen MR) is 196 cm³/mol. The van der Waals surface area contributed by atoms with Crippen LogP contribution in [0.15, 0.2) is 48.5 Å². The first-order chi connectivity index (χ1) is 24.6. The van der Waals surface area contributed by atoms with Crippen molar-refractivity contribution in [3.05, 3.63) is 99.0 Å². The zero-order valence-corrected chi connectivity index (χ0v) is 29.2. The van der Waals surface area contributed by atoms with Crippen molar-refractivity contribution in [1.82, 2.24) is 20.1 Å². The number of rotatable bonds is 7. The van der Waals surface area contributed by atoms with Crippen molar-refractivity contribution in [3.63, 3.8) is 0 Å². The van der Waals surface area contributed by atoms with Crippen LogP contribution < -0.4 is 15.5 Å². The molecule has 0 radical (unpaired) electrons. The molecule has 0 spiro atoms. The fourth-order valence-electron chi connectivity index (χ4n) is 8.46. The number of imide groups is 1. The summed E-state index contributed by atoms with van der Waals surface area (Å²) in [5, 5.41) is 6.79. The lowest BCUT2D eigenvalue weighted by Crippen LogP contribution is -2.52. The molecule has 11 nitrogen and oxygen atoms in total. The highest BCUT2D eigenvalue weighted by molar-refractivity contribution is 6.20. The fraction of sp³-hybridized carbons (Fsp3) is 0.375. The summed E-state index contributed by atoms with van der Waals surface area (Å²) in [6.45, 7) is 19.3. The number of anilines is 2. The van der Waals surface area contributed by atoms with Gasteiger partial charge in [0.15, 0.2) is 11.5 Å². The standard InChI is InChI=1S/C40H41N7O4/c1-5-23-19-27-29(40(2,3)37-35(36(27)49)26-10-9-24(41-4)20-31(26)43-37)21-33(23)46-17-15-45(16-18-46)14-13-42-30-8-6-7-25-28(30)22-47(39(25)51)32-11-12-34(48)44-38(32)50/h6-10,19-21,32,42-43H,5,11-18,22H2,1-3H3,(H,44,48,50). The topological polar surface area (TPSA) is 122 Å². The summed E-state index contributed by atoms with van der Waals surface area (Å²) in [7, 11) is 0. The first-order valence-electron chi connectivity index (χ1n) is 17.8. The molecule has 8 rings (SSSR count). The number of hydrogen-bond acceptors (Lipinski definition) is 7. The van der Waals surface area contributed by atoms with Crippen LogP contribution in [0.5, 0.6) is 0 Å². The number of amides is 3. The van der Waals surface area contributed by atoms with Crippen LogP contribution in [0.1, 0.15) is 82.3 Å². The third-order valence-corrected chi connectivity index (χ3v) is 11.3. The Hall–Kier alpha value is -5.47. The third-order valence-electron chi connectivity index (χ3n) is 11.3. The molecule has 0 bridgehead atoms. The Kier molecular flexibility index (Phi) is 7.95. The molecule has 1 atom stereocenters. The molecule has 3 aromatic carbocycles. The number of ketones is 1. The summed E-state index contributed by atoms with van der Waals surface area (Å²) < 4.78 is 0. The minimum atomic E-state index is -0.632. The van der Waals surface area contributed by atoms with Crippen molar-refractivity contribution in [3.8, 4) is 0 Å². The molecule has 4 aliphatic rings. The number of fused-ring (bicyclic) bond motifs is 5. The lowest BCUT2D eigenvalue weighted by atomic mass is 9.70. The van der Waals surface area contributed by atoms with E-state index in [1.54, 1.807) is 11.0 Å². The van der Waals surface area contributed by atoms with E-state index in [0.29, 0.717) is 30.8 Å². The summed E-state index contributed by atoms with van der Waals surface area (Å²) in [6, 6.07) is 14.9. The number of nitrogens with zero attached hydrogens (tertiary/aromatic N) is 4. The quantitative estimate of drug-likeness (QED) is 0.182. The van der Waals surface area contributed by atoms with Gasteiger partial charge in [-0.05, 0) is 54.3 Å². The highest BCUT2D eigenvalue weighted by Crippen LogP contribution is 2.46. The van der Waals surface area contributed by atoms with Gasteiger partial charge in [-0.3, -0.25) is 29.4 Å². The second-order valence-corrected chi connectivity index (χ2v) is 14.5. The van der Waals surface area contributed by atoms with Gasteiger partial charge in [-0.25, -0.2) is 4.85 Å². The molecule has 0 saturated carbocycles. The number of piperidine rings is 1. The van der Waals surface area contributed by atoms with Crippen molar-refractivity contribution in [2.45, 2.75) is 58.0 Å². The normalized spacial score (nSPS) is 19.8. The van der Waals surface area contributed by atoms with Crippen LogP contribution in [0.4, 0.5) is 17.1 Å². The van der Waals surface area contributed by atoms with E-state index in [9.17, 15) is 19.2 Å². The lowest BCUT2D eigenvalue weighted by Gasteiger charge is -2.39. The Labute approximate surface area is 296 Å². The summed E-state index contributed by atoms with van der Waals surface area (Å²) in [5.74, 6) is -0.825. The minimum absolute atomic E-state index is 0.0387. The van der Waals surface area contributed by atoms with Gasteiger partial charge in [-0.2, -0.15) is 0 Å². The number of aromatic amines is 1. The van der Waals surface area contributed by atoms with Crippen LogP contribution in [-0.4, -0.2) is 83.6 Å². The van der Waals surface area contributed by atoms with E-state index in [1.165, 1.54) is 11.3 Å². The maximum absolute atomic E-state index is 14.1. The maximum Gasteiger partial charge on any atom is 0.255 e. The van der Waals surface area contributed by atoms with Crippen LogP contribution in [0.3, 0.4) is 0 Å². The SMILES string of the molecule is [C-]#[N+]c1ccc2c3c([nH]c2c1)C(C)(C)c1cc(N2CCN(CCNc4cccc5c4CN(C4CCC(=O)NC4=O)C5=O)CC2)c(CC)cc1C3=O. The van der Waals surface area contributed by atoms with Crippen LogP contribution in [0.25, 0.3) is 15.7 Å². The van der Waals surface area contributed by atoms with Crippen molar-refractivity contribution in [2.24, 2.45) is 0 Å². The lowest BCUT2D eigenvalue weighted by molar-refractivity contribution is -0.136. The van der Waals surface area contributed by atoms with Gasteiger partial charge < -0.3 is 20.1 Å². The zero-order valence-electron chi connectivity index (χ0n) is 29.2. The van der Waals surface area contributed by atoms with Gasteiger partial charge >= 0.3 is 0 Å². The van der Waals surface area contributed by atoms with Gasteiger partial charge in [0, 0.05) is 102 Å². The number of carbonyl (C=O) groups is 4. The number of hydrogen-bond donors (Lipinski definition) is 3. The van der Waals surface area contributed by atoms with Gasteiger partial charge in [0.05, 0.1) is 12.1 Å². The van der Waals surface area contributed by atoms with E-state index >= 15 is 0 Å². The Balaban J connectivity index is 0.938. The van der Waals surface area contributed by atoms with Crippen molar-refractivity contribution < 1.29 is 19.2 Å². The molecule has 260 valence electrons. The van der Waals surface area contributed by atoms with E-state index in [1.807, 2.05) is 30.3 Å². The molecule has 11 heteroatoms. The largest absolute Gasteiger partial charge is 0.383 e. The molecule has 4 aromatic rings. The second-order valence-electron chi connectivity index (χ2n) is 14.5. The summed E-state index contributed by atoms with van der Waals surface area (Å²) >= 11 is 0. The summed E-state index contributed by atoms with van der Waals surface area (Å²) in [6.07, 6.45) is 1.40. The fourth-order valence-corrected chi connectivity index (χ4v) is 8.46. The summed E-state index contributed by atoms with van der Waals surface area (Å²) in [4.78, 5) is 65.0. The Morgan fingerprint density at radius 1 is 1.00 bits per heavy atom. The molecule has 3 N–H and O–H groups in total. The number of aryl methyl sites for hydroxylation is 1. The van der Waals surface area contributed by atoms with E-state index in [2.05, 4.69) is 63.2 Å². The zero-order chi connectivity index (χ0) is 35.6. The minimum Gasteiger partial charge on any atom is -0.383 e. The van der Waals surface area contributed by atoms with Crippen LogP contribution in [0, 0.1) is 6.57 Å². The average molecular weight is 684 g/mol. The number of nitrogens with one attached hydrogen (secondary N) is 3. The van der Waals surface area contributed by atoms with E-state index in [0.717, 1.165) is 83.7 Å². The van der Waals surface area contributed by atoms with Gasteiger partial charge in [-0.1, -0.05) is 39.0 Å². The molecule has 1 unspecified atom stereocenters. The van der Waals surface area contributed by atoms with Crippen molar-refractivity contribution in [2.75, 3.05) is 49.5 Å². The van der Waals surface area contributed by atoms with Gasteiger partial charge in [0.25, 0.3) is 5.91 Å². The molecule has 2 fully saturated rings. The predicted octanol–water partition coefficient (Wildman–Crippen LogP) is 5.15. The molecule has 4 heterocycles. The van der Waals surface area contributed by atoms with Crippen LogP contribution in [-0.2, 0) is 28.0 Å². The smallest absolute Gasteiger partial charge is 0.255 e. The van der Waals surface area contributed by atoms with E-state index < -0.39 is 17.4 Å². The van der Waals surface area contributed by atoms with E-state index in [-0.39, 0.29) is 24.0 Å². The number of H-pyrrole nitrogens is 1. The first-order valence-corrected chi connectivity index (χ1v) is 17.8. The van der Waals surface area contributed by atoms with Gasteiger partial charge in [0.1, 0.15) is 6.04 Å². The van der Waals surface area contributed by atoms with Gasteiger partial charge in [0.2, 0.25) is 11.8 Å². The molecular formula is C40H41N7O4. The maximum atomic E-state index is 14.1. The molecule has 2 saturated heterocycles. The highest BCUT2D eigenvalue weighted by Gasteiger charge is 2.42. The monoisotopic (exact) mass is 683 g/mol. The third kappa shape index (κ3) is 5.36. The first kappa shape index (κ1) is 32.7. The second kappa shape index (κ2) is 12.4. The Morgan fingerprint density at radius 3 is 2.55 bits per heavy atom. The molecule has 3 aliphatic heterocycles. The van der Waals surface area contributed by atoms with Crippen molar-refractivity contribution in [1.29, 1.82) is 0 Å². The molecule has 1 aliphatic carbocycles. The van der Waals surface area contributed by atoms with Gasteiger partial charge in [-0.15, -0.1) is 0 Å². The van der Waals surface area contributed by atoms with Crippen LogP contribution >= 0.6 is 0 Å². The summed E-state index contributed by atoms with van der Waals surface area (Å²) in [5.41, 5.74) is 9.13. The number of benzene rings is 3. The van der Waals surface area contributed by atoms with Crippen molar-refractivity contribution >= 4 is 51.5 Å². The molecule has 3 amide bonds. The highest BCUT2D eigenvalue weighted by atomic mass is 16.2. The molecule has 51 heavy (non-hydrogen) atoms. The van der Waals surface area contributed by atoms with Crippen LogP contribution in [0.2, 0.25) is 0 Å². The van der Waals surface area contributed by atoms with E-state index in [4.69, 9.17) is 6.57 Å². The molecular weight excluding hydrogens is 642 g/mol. The molecule has 1 aromatic heterocycles. The number of piperazine rings is 1. The Bertz CT molecular complexity index is 2190. The average Bonchev–Trinajstić information content (AvgIpc) is 3.69. The number of aromatic nitrogens is 1.